The number of guanidine groups is 1. The van der Waals surface area contributed by atoms with E-state index in [4.69, 9.17) is 5.14 Å². The first-order chi connectivity index (χ1) is 12.5. The Bertz CT molecular complexity index is 915. The molecule has 27 heavy (non-hydrogen) atoms. The third-order valence-corrected chi connectivity index (χ3v) is 5.59. The first kappa shape index (κ1) is 21.6. The lowest BCUT2D eigenvalue weighted by Gasteiger charge is -2.16. The number of halogens is 1. The molecule has 0 aromatic heterocycles. The van der Waals surface area contributed by atoms with Crippen LogP contribution >= 0.6 is 24.0 Å². The maximum Gasteiger partial charge on any atom is 0.238 e. The van der Waals surface area contributed by atoms with Gasteiger partial charge in [0.1, 0.15) is 0 Å². The second-order valence-electron chi connectivity index (χ2n) is 6.43. The fraction of sp³-hybridized carbons (Fsp3) is 0.316. The van der Waals surface area contributed by atoms with Gasteiger partial charge in [0.2, 0.25) is 10.0 Å². The highest BCUT2D eigenvalue weighted by molar-refractivity contribution is 14.0. The third-order valence-electron chi connectivity index (χ3n) is 4.68. The van der Waals surface area contributed by atoms with Crippen LogP contribution < -0.4 is 15.8 Å². The van der Waals surface area contributed by atoms with Crippen molar-refractivity contribution in [1.29, 1.82) is 0 Å². The van der Waals surface area contributed by atoms with Crippen LogP contribution in [0, 0.1) is 0 Å². The van der Waals surface area contributed by atoms with Crippen LogP contribution in [0.1, 0.15) is 29.0 Å². The SMILES string of the molecule is CN=C(NCc1cccc(S(N)(=O)=O)c1)NCC1CCc2ccccc21.I. The molecular weight excluding hydrogens is 475 g/mol. The number of aliphatic imine (C=N–C) groups is 1. The number of aryl methyl sites for hydroxylation is 1. The van der Waals surface area contributed by atoms with Crippen LogP contribution in [0.15, 0.2) is 58.4 Å². The highest BCUT2D eigenvalue weighted by Crippen LogP contribution is 2.32. The Morgan fingerprint density at radius 1 is 1.19 bits per heavy atom. The molecule has 1 unspecified atom stereocenters. The molecule has 0 amide bonds. The topological polar surface area (TPSA) is 96.6 Å². The molecule has 0 saturated heterocycles. The van der Waals surface area contributed by atoms with Gasteiger partial charge in [-0.25, -0.2) is 13.6 Å². The molecule has 2 aromatic carbocycles. The van der Waals surface area contributed by atoms with E-state index in [-0.39, 0.29) is 28.9 Å². The summed E-state index contributed by atoms with van der Waals surface area (Å²) in [7, 11) is -1.97. The quantitative estimate of drug-likeness (QED) is 0.334. The highest BCUT2D eigenvalue weighted by Gasteiger charge is 2.21. The zero-order chi connectivity index (χ0) is 18.6. The summed E-state index contributed by atoms with van der Waals surface area (Å²) in [6.07, 6.45) is 2.26. The Morgan fingerprint density at radius 2 is 1.96 bits per heavy atom. The van der Waals surface area contributed by atoms with E-state index in [2.05, 4.69) is 39.9 Å². The second kappa shape index (κ2) is 9.52. The molecule has 0 spiro atoms. The monoisotopic (exact) mass is 500 g/mol. The van der Waals surface area contributed by atoms with Crippen molar-refractivity contribution in [2.24, 2.45) is 10.1 Å². The van der Waals surface area contributed by atoms with Crippen LogP contribution in [0.25, 0.3) is 0 Å². The average Bonchev–Trinajstić information content (AvgIpc) is 3.05. The minimum atomic E-state index is -3.69. The smallest absolute Gasteiger partial charge is 0.238 e. The molecule has 0 bridgehead atoms. The fourth-order valence-electron chi connectivity index (χ4n) is 3.32. The van der Waals surface area contributed by atoms with E-state index < -0.39 is 10.0 Å². The number of sulfonamides is 1. The van der Waals surface area contributed by atoms with E-state index in [0.29, 0.717) is 18.4 Å². The lowest BCUT2D eigenvalue weighted by atomic mass is 10.0. The lowest BCUT2D eigenvalue weighted by molar-refractivity contribution is 0.597. The number of hydrogen-bond donors (Lipinski definition) is 3. The molecule has 3 rings (SSSR count). The van der Waals surface area contributed by atoms with Gasteiger partial charge in [0, 0.05) is 26.1 Å². The minimum absolute atomic E-state index is 0. The number of hydrogen-bond acceptors (Lipinski definition) is 3. The third kappa shape index (κ3) is 5.66. The summed E-state index contributed by atoms with van der Waals surface area (Å²) < 4.78 is 22.9. The summed E-state index contributed by atoms with van der Waals surface area (Å²) in [5, 5.41) is 11.8. The van der Waals surface area contributed by atoms with E-state index >= 15 is 0 Å². The largest absolute Gasteiger partial charge is 0.356 e. The van der Waals surface area contributed by atoms with Crippen molar-refractivity contribution < 1.29 is 8.42 Å². The van der Waals surface area contributed by atoms with Gasteiger partial charge in [0.05, 0.1) is 4.90 Å². The van der Waals surface area contributed by atoms with E-state index in [1.807, 2.05) is 6.07 Å². The molecule has 1 aliphatic rings. The zero-order valence-electron chi connectivity index (χ0n) is 15.2. The molecule has 8 heteroatoms. The molecule has 2 aromatic rings. The van der Waals surface area contributed by atoms with Crippen molar-refractivity contribution in [3.8, 4) is 0 Å². The van der Waals surface area contributed by atoms with Gasteiger partial charge < -0.3 is 10.6 Å². The molecule has 1 atom stereocenters. The van der Waals surface area contributed by atoms with E-state index in [9.17, 15) is 8.42 Å². The predicted octanol–water partition coefficient (Wildman–Crippen LogP) is 2.35. The van der Waals surface area contributed by atoms with Gasteiger partial charge >= 0.3 is 0 Å². The second-order valence-corrected chi connectivity index (χ2v) is 7.99. The van der Waals surface area contributed by atoms with Gasteiger partial charge in [-0.15, -0.1) is 24.0 Å². The van der Waals surface area contributed by atoms with Gasteiger partial charge in [0.15, 0.2) is 5.96 Å². The zero-order valence-corrected chi connectivity index (χ0v) is 18.3. The van der Waals surface area contributed by atoms with Crippen LogP contribution in [-0.2, 0) is 23.0 Å². The number of rotatable bonds is 5. The molecule has 4 N–H and O–H groups in total. The summed E-state index contributed by atoms with van der Waals surface area (Å²) in [6.45, 7) is 1.28. The maximum absolute atomic E-state index is 11.5. The standard InChI is InChI=1S/C19H24N4O2S.HI/c1-21-19(22-12-14-5-4-7-17(11-14)26(20,24)25)23-13-16-10-9-15-6-2-3-8-18(15)16;/h2-8,11,16H,9-10,12-13H2,1H3,(H2,20,24,25)(H2,21,22,23);1H. The Kier molecular flexibility index (Phi) is 7.63. The van der Waals surface area contributed by atoms with Crippen molar-refractivity contribution in [2.75, 3.05) is 13.6 Å². The van der Waals surface area contributed by atoms with E-state index in [1.54, 1.807) is 19.2 Å². The van der Waals surface area contributed by atoms with Crippen molar-refractivity contribution in [3.05, 3.63) is 65.2 Å². The van der Waals surface area contributed by atoms with Crippen molar-refractivity contribution >= 4 is 40.0 Å². The number of nitrogens with zero attached hydrogens (tertiary/aromatic N) is 1. The lowest BCUT2D eigenvalue weighted by Crippen LogP contribution is -2.38. The molecule has 0 aliphatic heterocycles. The number of nitrogens with two attached hydrogens (primary N) is 1. The molecule has 0 radical (unpaired) electrons. The average molecular weight is 500 g/mol. The van der Waals surface area contributed by atoms with Gasteiger partial charge in [-0.2, -0.15) is 0 Å². The normalized spacial score (nSPS) is 16.4. The van der Waals surface area contributed by atoms with Crippen LogP contribution in [0.4, 0.5) is 0 Å². The summed E-state index contributed by atoms with van der Waals surface area (Å²) >= 11 is 0. The van der Waals surface area contributed by atoms with Crippen LogP contribution in [0.5, 0.6) is 0 Å². The molecule has 0 fully saturated rings. The van der Waals surface area contributed by atoms with Crippen molar-refractivity contribution in [2.45, 2.75) is 30.2 Å². The minimum Gasteiger partial charge on any atom is -0.356 e. The van der Waals surface area contributed by atoms with Gasteiger partial charge in [-0.05, 0) is 41.7 Å². The van der Waals surface area contributed by atoms with E-state index in [0.717, 1.165) is 24.9 Å². The predicted molar refractivity (Wildman–Crippen MR) is 119 cm³/mol. The molecule has 6 nitrogen and oxygen atoms in total. The molecular formula is C19H25IN4O2S. The summed E-state index contributed by atoms with van der Waals surface area (Å²) in [6, 6.07) is 15.2. The van der Waals surface area contributed by atoms with Crippen LogP contribution in [0.3, 0.4) is 0 Å². The number of benzene rings is 2. The van der Waals surface area contributed by atoms with E-state index in [1.165, 1.54) is 17.2 Å². The highest BCUT2D eigenvalue weighted by atomic mass is 127. The summed E-state index contributed by atoms with van der Waals surface area (Å²) in [5.41, 5.74) is 3.67. The maximum atomic E-state index is 11.5. The first-order valence-corrected chi connectivity index (χ1v) is 10.2. The van der Waals surface area contributed by atoms with Crippen LogP contribution in [-0.4, -0.2) is 28.0 Å². The van der Waals surface area contributed by atoms with Crippen molar-refractivity contribution in [1.82, 2.24) is 10.6 Å². The van der Waals surface area contributed by atoms with Gasteiger partial charge in [-0.1, -0.05) is 36.4 Å². The van der Waals surface area contributed by atoms with Gasteiger partial charge in [0.25, 0.3) is 0 Å². The Morgan fingerprint density at radius 3 is 2.70 bits per heavy atom. The number of primary sulfonamides is 1. The number of nitrogens with one attached hydrogen (secondary N) is 2. The number of fused-ring (bicyclic) bond motifs is 1. The first-order valence-electron chi connectivity index (χ1n) is 8.61. The van der Waals surface area contributed by atoms with Gasteiger partial charge in [-0.3, -0.25) is 4.99 Å². The fourth-order valence-corrected chi connectivity index (χ4v) is 3.90. The Labute approximate surface area is 177 Å². The molecule has 146 valence electrons. The molecule has 0 heterocycles. The Balaban J connectivity index is 0.00000261. The summed E-state index contributed by atoms with van der Waals surface area (Å²) in [5.74, 6) is 1.17. The van der Waals surface area contributed by atoms with Crippen LogP contribution in [0.2, 0.25) is 0 Å². The molecule has 0 saturated carbocycles. The Hall–Kier alpha value is -1.65. The summed E-state index contributed by atoms with van der Waals surface area (Å²) in [4.78, 5) is 4.36. The molecule has 1 aliphatic carbocycles. The van der Waals surface area contributed by atoms with Crippen molar-refractivity contribution in [3.63, 3.8) is 0 Å².